The third kappa shape index (κ3) is 3.37. The van der Waals surface area contributed by atoms with Crippen molar-refractivity contribution in [2.45, 2.75) is 6.54 Å². The molecule has 1 N–H and O–H groups in total. The molecular weight excluding hydrogens is 315 g/mol. The van der Waals surface area contributed by atoms with E-state index in [4.69, 9.17) is 0 Å². The Morgan fingerprint density at radius 1 is 1.08 bits per heavy atom. The number of nitrogens with zero attached hydrogens (tertiary/aromatic N) is 3. The number of aromatic amines is 1. The lowest BCUT2D eigenvalue weighted by Crippen LogP contribution is -2.50. The van der Waals surface area contributed by atoms with Gasteiger partial charge in [-0.1, -0.05) is 12.1 Å². The fourth-order valence-electron chi connectivity index (χ4n) is 2.72. The van der Waals surface area contributed by atoms with E-state index in [1.54, 1.807) is 23.1 Å². The van der Waals surface area contributed by atoms with Crippen LogP contribution in [-0.2, 0) is 11.3 Å². The Kier molecular flexibility index (Phi) is 4.45. The van der Waals surface area contributed by atoms with Crippen molar-refractivity contribution in [3.8, 4) is 0 Å². The number of hydrogen-bond donors (Lipinski definition) is 1. The average Bonchev–Trinajstić information content (AvgIpc) is 2.58. The number of halogens is 1. The van der Waals surface area contributed by atoms with Crippen LogP contribution < -0.4 is 16.1 Å². The summed E-state index contributed by atoms with van der Waals surface area (Å²) in [4.78, 5) is 40.6. The van der Waals surface area contributed by atoms with Gasteiger partial charge in [-0.2, -0.15) is 0 Å². The van der Waals surface area contributed by atoms with Crippen LogP contribution in [0, 0.1) is 5.82 Å². The molecule has 2 heterocycles. The molecule has 126 valence electrons. The Labute approximate surface area is 136 Å². The summed E-state index contributed by atoms with van der Waals surface area (Å²) >= 11 is 0. The number of piperazine rings is 1. The summed E-state index contributed by atoms with van der Waals surface area (Å²) in [7, 11) is 0. The molecule has 2 aromatic rings. The number of aromatic nitrogens is 2. The minimum absolute atomic E-state index is 0.130. The Morgan fingerprint density at radius 3 is 2.46 bits per heavy atom. The van der Waals surface area contributed by atoms with Crippen molar-refractivity contribution < 1.29 is 9.18 Å². The monoisotopic (exact) mass is 332 g/mol. The van der Waals surface area contributed by atoms with Crippen molar-refractivity contribution in [3.63, 3.8) is 0 Å². The molecule has 1 aliphatic rings. The number of anilines is 1. The van der Waals surface area contributed by atoms with Crippen molar-refractivity contribution >= 4 is 11.6 Å². The van der Waals surface area contributed by atoms with Crippen molar-refractivity contribution in [3.05, 3.63) is 63.2 Å². The number of rotatable bonds is 3. The molecule has 0 radical (unpaired) electrons. The van der Waals surface area contributed by atoms with Crippen molar-refractivity contribution in [2.75, 3.05) is 31.1 Å². The number of nitrogens with one attached hydrogen (secondary N) is 1. The van der Waals surface area contributed by atoms with E-state index in [0.29, 0.717) is 31.9 Å². The number of carbonyl (C=O) groups is 1. The van der Waals surface area contributed by atoms with Gasteiger partial charge in [-0.15, -0.1) is 0 Å². The summed E-state index contributed by atoms with van der Waals surface area (Å²) in [6, 6.07) is 7.74. The van der Waals surface area contributed by atoms with Crippen LogP contribution in [0.4, 0.5) is 10.1 Å². The van der Waals surface area contributed by atoms with E-state index < -0.39 is 11.2 Å². The Hall–Kier alpha value is -2.90. The van der Waals surface area contributed by atoms with E-state index in [-0.39, 0.29) is 18.3 Å². The van der Waals surface area contributed by atoms with Crippen LogP contribution in [0.3, 0.4) is 0 Å². The van der Waals surface area contributed by atoms with Gasteiger partial charge in [0.1, 0.15) is 12.4 Å². The van der Waals surface area contributed by atoms with E-state index >= 15 is 0 Å². The molecule has 3 rings (SSSR count). The molecule has 24 heavy (non-hydrogen) atoms. The minimum atomic E-state index is -0.610. The lowest BCUT2D eigenvalue weighted by atomic mass is 10.2. The van der Waals surface area contributed by atoms with E-state index in [1.807, 2.05) is 4.90 Å². The number of carbonyl (C=O) groups excluding carboxylic acids is 1. The summed E-state index contributed by atoms with van der Waals surface area (Å²) in [5, 5.41) is 0. The van der Waals surface area contributed by atoms with Gasteiger partial charge in [0, 0.05) is 38.4 Å². The maximum absolute atomic E-state index is 13.8. The van der Waals surface area contributed by atoms with Crippen molar-refractivity contribution in [2.24, 2.45) is 0 Å². The number of para-hydroxylation sites is 1. The first-order valence-corrected chi connectivity index (χ1v) is 7.61. The van der Waals surface area contributed by atoms with Crippen molar-refractivity contribution in [1.29, 1.82) is 0 Å². The highest BCUT2D eigenvalue weighted by atomic mass is 19.1. The normalized spacial score (nSPS) is 14.7. The Morgan fingerprint density at radius 2 is 1.79 bits per heavy atom. The summed E-state index contributed by atoms with van der Waals surface area (Å²) in [6.07, 6.45) is 1.30. The van der Waals surface area contributed by atoms with Gasteiger partial charge in [0.25, 0.3) is 5.56 Å². The molecule has 1 amide bonds. The topological polar surface area (TPSA) is 78.4 Å². The quantitative estimate of drug-likeness (QED) is 0.860. The maximum Gasteiger partial charge on any atom is 0.328 e. The lowest BCUT2D eigenvalue weighted by molar-refractivity contribution is -0.132. The Balaban J connectivity index is 1.62. The zero-order valence-electron chi connectivity index (χ0n) is 12.9. The first-order valence-electron chi connectivity index (χ1n) is 7.61. The smallest absolute Gasteiger partial charge is 0.328 e. The van der Waals surface area contributed by atoms with Gasteiger partial charge in [-0.25, -0.2) is 9.18 Å². The molecule has 0 bridgehead atoms. The SMILES string of the molecule is O=C(Cn1ccc(=O)[nH]c1=O)N1CCN(c2ccccc2F)CC1. The van der Waals surface area contributed by atoms with Gasteiger partial charge in [-0.05, 0) is 12.1 Å². The second-order valence-electron chi connectivity index (χ2n) is 5.56. The maximum atomic E-state index is 13.8. The molecule has 8 heteroatoms. The Bertz CT molecular complexity index is 853. The van der Waals surface area contributed by atoms with Crippen LogP contribution in [0.15, 0.2) is 46.1 Å². The molecule has 1 aliphatic heterocycles. The largest absolute Gasteiger partial charge is 0.366 e. The fraction of sp³-hybridized carbons (Fsp3) is 0.312. The molecule has 7 nitrogen and oxygen atoms in total. The van der Waals surface area contributed by atoms with E-state index in [0.717, 1.165) is 4.57 Å². The second-order valence-corrected chi connectivity index (χ2v) is 5.56. The number of H-pyrrole nitrogens is 1. The first-order chi connectivity index (χ1) is 11.5. The number of amides is 1. The van der Waals surface area contributed by atoms with Crippen molar-refractivity contribution in [1.82, 2.24) is 14.5 Å². The average molecular weight is 332 g/mol. The van der Waals surface area contributed by atoms with E-state index in [2.05, 4.69) is 4.98 Å². The van der Waals surface area contributed by atoms with Gasteiger partial charge < -0.3 is 9.80 Å². The predicted molar refractivity (Wildman–Crippen MR) is 86.5 cm³/mol. The molecular formula is C16H17FN4O3. The zero-order valence-corrected chi connectivity index (χ0v) is 12.9. The molecule has 0 aliphatic carbocycles. The summed E-state index contributed by atoms with van der Waals surface area (Å²) in [5.74, 6) is -0.491. The van der Waals surface area contributed by atoms with Gasteiger partial charge in [0.05, 0.1) is 5.69 Å². The molecule has 0 atom stereocenters. The first kappa shape index (κ1) is 16.0. The number of hydrogen-bond acceptors (Lipinski definition) is 4. The molecule has 0 spiro atoms. The lowest BCUT2D eigenvalue weighted by Gasteiger charge is -2.36. The standard InChI is InChI=1S/C16H17FN4O3/c17-12-3-1-2-4-13(12)19-7-9-20(10-8-19)15(23)11-21-6-5-14(22)18-16(21)24/h1-6H,7-11H2,(H,18,22,24). The number of benzene rings is 1. The predicted octanol–water partition coefficient (Wildman–Crippen LogP) is 0.0245. The van der Waals surface area contributed by atoms with Crippen LogP contribution in [0.25, 0.3) is 0 Å². The highest BCUT2D eigenvalue weighted by Gasteiger charge is 2.22. The molecule has 1 saturated heterocycles. The van der Waals surface area contributed by atoms with Crippen LogP contribution in [0.5, 0.6) is 0 Å². The summed E-state index contributed by atoms with van der Waals surface area (Å²) in [6.45, 7) is 1.81. The van der Waals surface area contributed by atoms with E-state index in [1.165, 1.54) is 18.3 Å². The molecule has 0 saturated carbocycles. The van der Waals surface area contributed by atoms with Gasteiger partial charge in [-0.3, -0.25) is 19.1 Å². The highest BCUT2D eigenvalue weighted by Crippen LogP contribution is 2.20. The van der Waals surface area contributed by atoms with E-state index in [9.17, 15) is 18.8 Å². The van der Waals surface area contributed by atoms with Gasteiger partial charge in [0.2, 0.25) is 5.91 Å². The second kappa shape index (κ2) is 6.69. The zero-order chi connectivity index (χ0) is 17.1. The van der Waals surface area contributed by atoms with Gasteiger partial charge >= 0.3 is 5.69 Å². The highest BCUT2D eigenvalue weighted by molar-refractivity contribution is 5.76. The fourth-order valence-corrected chi connectivity index (χ4v) is 2.72. The third-order valence-electron chi connectivity index (χ3n) is 4.03. The van der Waals surface area contributed by atoms with Crippen LogP contribution in [-0.4, -0.2) is 46.5 Å². The van der Waals surface area contributed by atoms with Crippen LogP contribution in [0.2, 0.25) is 0 Å². The summed E-state index contributed by atoms with van der Waals surface area (Å²) < 4.78 is 15.0. The summed E-state index contributed by atoms with van der Waals surface area (Å²) in [5.41, 5.74) is -0.579. The molecule has 0 unspecified atom stereocenters. The van der Waals surface area contributed by atoms with Gasteiger partial charge in [0.15, 0.2) is 0 Å². The molecule has 1 aromatic heterocycles. The van der Waals surface area contributed by atoms with Crippen LogP contribution >= 0.6 is 0 Å². The molecule has 1 fully saturated rings. The minimum Gasteiger partial charge on any atom is -0.366 e. The third-order valence-corrected chi connectivity index (χ3v) is 4.03. The molecule has 1 aromatic carbocycles. The van der Waals surface area contributed by atoms with Crippen LogP contribution in [0.1, 0.15) is 0 Å².